The lowest BCUT2D eigenvalue weighted by molar-refractivity contribution is -0.130. The molecule has 0 saturated carbocycles. The van der Waals surface area contributed by atoms with Crippen LogP contribution in [0.5, 0.6) is 0 Å². The SMILES string of the molecule is Cc1nc(NC(C)C(=O)N2CCCC2)ncc1C(=O)O. The molecule has 1 aromatic heterocycles. The van der Waals surface area contributed by atoms with Crippen molar-refractivity contribution in [3.05, 3.63) is 17.5 Å². The molecule has 1 aromatic rings. The first-order valence-electron chi connectivity index (χ1n) is 6.61. The minimum atomic E-state index is -1.06. The Morgan fingerprint density at radius 2 is 2.05 bits per heavy atom. The van der Waals surface area contributed by atoms with Gasteiger partial charge in [-0.1, -0.05) is 0 Å². The maximum atomic E-state index is 12.1. The first-order chi connectivity index (χ1) is 9.49. The van der Waals surface area contributed by atoms with Crippen LogP contribution in [0, 0.1) is 6.92 Å². The summed E-state index contributed by atoms with van der Waals surface area (Å²) in [4.78, 5) is 32.8. The molecule has 108 valence electrons. The highest BCUT2D eigenvalue weighted by Gasteiger charge is 2.23. The highest BCUT2D eigenvalue weighted by Crippen LogP contribution is 2.12. The van der Waals surface area contributed by atoms with Gasteiger partial charge in [-0.2, -0.15) is 0 Å². The number of likely N-dealkylation sites (tertiary alicyclic amines) is 1. The molecule has 2 heterocycles. The molecule has 1 unspecified atom stereocenters. The third-order valence-electron chi connectivity index (χ3n) is 3.34. The number of hydrogen-bond acceptors (Lipinski definition) is 5. The van der Waals surface area contributed by atoms with E-state index in [1.165, 1.54) is 6.20 Å². The average molecular weight is 278 g/mol. The van der Waals surface area contributed by atoms with Gasteiger partial charge in [0, 0.05) is 19.3 Å². The highest BCUT2D eigenvalue weighted by atomic mass is 16.4. The molecule has 1 saturated heterocycles. The van der Waals surface area contributed by atoms with Gasteiger partial charge >= 0.3 is 5.97 Å². The number of carboxylic acid groups (broad SMARTS) is 1. The molecule has 0 bridgehead atoms. The van der Waals surface area contributed by atoms with Gasteiger partial charge < -0.3 is 15.3 Å². The zero-order valence-corrected chi connectivity index (χ0v) is 11.6. The van der Waals surface area contributed by atoms with Crippen LogP contribution in [0.2, 0.25) is 0 Å². The van der Waals surface area contributed by atoms with Crippen molar-refractivity contribution in [2.45, 2.75) is 32.7 Å². The smallest absolute Gasteiger partial charge is 0.339 e. The van der Waals surface area contributed by atoms with Crippen molar-refractivity contribution in [3.63, 3.8) is 0 Å². The third kappa shape index (κ3) is 3.04. The van der Waals surface area contributed by atoms with Crippen LogP contribution in [-0.4, -0.2) is 51.0 Å². The number of nitrogens with one attached hydrogen (secondary N) is 1. The molecule has 0 spiro atoms. The molecule has 1 aliphatic heterocycles. The Hall–Kier alpha value is -2.18. The number of hydrogen-bond donors (Lipinski definition) is 2. The van der Waals surface area contributed by atoms with Crippen LogP contribution >= 0.6 is 0 Å². The van der Waals surface area contributed by atoms with Gasteiger partial charge in [0.15, 0.2) is 0 Å². The number of aromatic carboxylic acids is 1. The number of carbonyl (C=O) groups excluding carboxylic acids is 1. The summed E-state index contributed by atoms with van der Waals surface area (Å²) in [7, 11) is 0. The number of aryl methyl sites for hydroxylation is 1. The molecule has 0 aromatic carbocycles. The van der Waals surface area contributed by atoms with Crippen LogP contribution < -0.4 is 5.32 Å². The molecule has 1 amide bonds. The van der Waals surface area contributed by atoms with Crippen molar-refractivity contribution in [2.24, 2.45) is 0 Å². The maximum absolute atomic E-state index is 12.1. The van der Waals surface area contributed by atoms with E-state index in [2.05, 4.69) is 15.3 Å². The molecular weight excluding hydrogens is 260 g/mol. The largest absolute Gasteiger partial charge is 0.478 e. The Morgan fingerprint density at radius 1 is 1.40 bits per heavy atom. The van der Waals surface area contributed by atoms with Crippen molar-refractivity contribution in [3.8, 4) is 0 Å². The number of anilines is 1. The van der Waals surface area contributed by atoms with Crippen LogP contribution in [0.25, 0.3) is 0 Å². The molecule has 1 aliphatic rings. The summed E-state index contributed by atoms with van der Waals surface area (Å²) < 4.78 is 0. The lowest BCUT2D eigenvalue weighted by Gasteiger charge is -2.21. The van der Waals surface area contributed by atoms with Crippen LogP contribution in [0.1, 0.15) is 35.8 Å². The van der Waals surface area contributed by atoms with Gasteiger partial charge in [0.1, 0.15) is 6.04 Å². The van der Waals surface area contributed by atoms with Crippen LogP contribution in [0.15, 0.2) is 6.20 Å². The van der Waals surface area contributed by atoms with E-state index in [0.29, 0.717) is 5.69 Å². The summed E-state index contributed by atoms with van der Waals surface area (Å²) >= 11 is 0. The minimum Gasteiger partial charge on any atom is -0.478 e. The zero-order chi connectivity index (χ0) is 14.7. The summed E-state index contributed by atoms with van der Waals surface area (Å²) in [6.45, 7) is 4.94. The topological polar surface area (TPSA) is 95.4 Å². The summed E-state index contributed by atoms with van der Waals surface area (Å²) in [6, 6.07) is -0.428. The molecule has 20 heavy (non-hydrogen) atoms. The fourth-order valence-corrected chi connectivity index (χ4v) is 2.21. The third-order valence-corrected chi connectivity index (χ3v) is 3.34. The molecule has 1 atom stereocenters. The first-order valence-corrected chi connectivity index (χ1v) is 6.61. The maximum Gasteiger partial charge on any atom is 0.339 e. The Balaban J connectivity index is 2.04. The normalized spacial score (nSPS) is 16.0. The van der Waals surface area contributed by atoms with Crippen molar-refractivity contribution in [2.75, 3.05) is 18.4 Å². The molecule has 0 radical (unpaired) electrons. The summed E-state index contributed by atoms with van der Waals surface area (Å²) in [6.07, 6.45) is 3.34. The van der Waals surface area contributed by atoms with Gasteiger partial charge in [-0.25, -0.2) is 14.8 Å². The van der Waals surface area contributed by atoms with Gasteiger partial charge in [-0.3, -0.25) is 4.79 Å². The lowest BCUT2D eigenvalue weighted by atomic mass is 10.2. The minimum absolute atomic E-state index is 0.0195. The number of nitrogens with zero attached hydrogens (tertiary/aromatic N) is 3. The molecule has 2 N–H and O–H groups in total. The van der Waals surface area contributed by atoms with E-state index in [9.17, 15) is 9.59 Å². The van der Waals surface area contributed by atoms with E-state index in [-0.39, 0.29) is 17.4 Å². The molecule has 7 heteroatoms. The molecule has 7 nitrogen and oxygen atoms in total. The highest BCUT2D eigenvalue weighted by molar-refractivity contribution is 5.88. The van der Waals surface area contributed by atoms with Crippen LogP contribution in [0.4, 0.5) is 5.95 Å². The summed E-state index contributed by atoms with van der Waals surface area (Å²) in [5.74, 6) is -0.770. The second kappa shape index (κ2) is 5.85. The second-order valence-electron chi connectivity index (χ2n) is 4.90. The van der Waals surface area contributed by atoms with E-state index in [0.717, 1.165) is 25.9 Å². The summed E-state index contributed by atoms with van der Waals surface area (Å²) in [5, 5.41) is 11.8. The second-order valence-corrected chi connectivity index (χ2v) is 4.90. The number of carbonyl (C=O) groups is 2. The Morgan fingerprint density at radius 3 is 2.60 bits per heavy atom. The van der Waals surface area contributed by atoms with E-state index in [4.69, 9.17) is 5.11 Å². The van der Waals surface area contributed by atoms with Crippen molar-refractivity contribution >= 4 is 17.8 Å². The Bertz CT molecular complexity index is 526. The lowest BCUT2D eigenvalue weighted by Crippen LogP contribution is -2.40. The monoisotopic (exact) mass is 278 g/mol. The zero-order valence-electron chi connectivity index (χ0n) is 11.6. The average Bonchev–Trinajstić information content (AvgIpc) is 2.91. The van der Waals surface area contributed by atoms with Gasteiger partial charge in [0.2, 0.25) is 11.9 Å². The predicted octanol–water partition coefficient (Wildman–Crippen LogP) is 0.906. The van der Waals surface area contributed by atoms with Gasteiger partial charge in [0.05, 0.1) is 11.3 Å². The van der Waals surface area contributed by atoms with E-state index < -0.39 is 12.0 Å². The van der Waals surface area contributed by atoms with Crippen LogP contribution in [0.3, 0.4) is 0 Å². The number of aromatic nitrogens is 2. The van der Waals surface area contributed by atoms with Gasteiger partial charge in [0.25, 0.3) is 0 Å². The predicted molar refractivity (Wildman–Crippen MR) is 72.6 cm³/mol. The van der Waals surface area contributed by atoms with Crippen molar-refractivity contribution < 1.29 is 14.7 Å². The molecule has 0 aliphatic carbocycles. The Kier molecular flexibility index (Phi) is 4.16. The molecule has 1 fully saturated rings. The standard InChI is InChI=1S/C13H18N4O3/c1-8-10(12(19)20)7-14-13(15-8)16-9(2)11(18)17-5-3-4-6-17/h7,9H,3-6H2,1-2H3,(H,19,20)(H,14,15,16). The van der Waals surface area contributed by atoms with E-state index in [1.807, 2.05) is 4.90 Å². The van der Waals surface area contributed by atoms with Crippen molar-refractivity contribution in [1.29, 1.82) is 0 Å². The molecular formula is C13H18N4O3. The number of carboxylic acids is 1. The molecule has 2 rings (SSSR count). The van der Waals surface area contributed by atoms with Gasteiger partial charge in [-0.15, -0.1) is 0 Å². The van der Waals surface area contributed by atoms with Crippen LogP contribution in [-0.2, 0) is 4.79 Å². The van der Waals surface area contributed by atoms with E-state index in [1.54, 1.807) is 13.8 Å². The number of amides is 1. The van der Waals surface area contributed by atoms with Gasteiger partial charge in [-0.05, 0) is 26.7 Å². The summed E-state index contributed by atoms with van der Waals surface area (Å²) in [5.41, 5.74) is 0.435. The fourth-order valence-electron chi connectivity index (χ4n) is 2.21. The number of rotatable bonds is 4. The first kappa shape index (κ1) is 14.2. The quantitative estimate of drug-likeness (QED) is 0.849. The van der Waals surface area contributed by atoms with Crippen molar-refractivity contribution in [1.82, 2.24) is 14.9 Å². The fraction of sp³-hybridized carbons (Fsp3) is 0.538. The van der Waals surface area contributed by atoms with E-state index >= 15 is 0 Å². The Labute approximate surface area is 117 Å².